The average Bonchev–Trinajstić information content (AvgIpc) is 2.89. The Kier molecular flexibility index (Phi) is 4.60. The maximum atomic E-state index is 13.0. The third-order valence-corrected chi connectivity index (χ3v) is 4.63. The fourth-order valence-corrected chi connectivity index (χ4v) is 3.28. The van der Waals surface area contributed by atoms with Crippen molar-refractivity contribution in [2.24, 2.45) is 7.05 Å². The second kappa shape index (κ2) is 6.56. The summed E-state index contributed by atoms with van der Waals surface area (Å²) in [6.45, 7) is 8.59. The van der Waals surface area contributed by atoms with Crippen molar-refractivity contribution in [1.29, 1.82) is 0 Å². The van der Waals surface area contributed by atoms with Gasteiger partial charge in [-0.3, -0.25) is 9.36 Å². The number of aromatic nitrogens is 3. The number of fused-ring (bicyclic) bond motifs is 1. The van der Waals surface area contributed by atoms with Gasteiger partial charge in [0.25, 0.3) is 5.56 Å². The number of ether oxygens (including phenoxy) is 1. The highest BCUT2D eigenvalue weighted by Crippen LogP contribution is 2.30. The molecule has 0 fully saturated rings. The lowest BCUT2D eigenvalue weighted by molar-refractivity contribution is 0.340. The van der Waals surface area contributed by atoms with Gasteiger partial charge in [0.1, 0.15) is 11.3 Å². The van der Waals surface area contributed by atoms with Gasteiger partial charge in [-0.05, 0) is 49.6 Å². The molecule has 25 heavy (non-hydrogen) atoms. The number of hydrogen-bond acceptors (Lipinski definition) is 3. The number of rotatable bonds is 4. The Hall–Kier alpha value is -2.27. The van der Waals surface area contributed by atoms with Crippen LogP contribution in [0.15, 0.2) is 29.1 Å². The van der Waals surface area contributed by atoms with E-state index in [4.69, 9.17) is 21.4 Å². The molecule has 0 aliphatic rings. The smallest absolute Gasteiger partial charge is 0.278 e. The van der Waals surface area contributed by atoms with Crippen LogP contribution in [0.3, 0.4) is 0 Å². The van der Waals surface area contributed by atoms with Crippen molar-refractivity contribution in [3.8, 4) is 17.1 Å². The molecular formula is C19H22ClN3O2. The van der Waals surface area contributed by atoms with E-state index in [2.05, 4.69) is 13.8 Å². The lowest BCUT2D eigenvalue weighted by atomic mass is 10.1. The fourth-order valence-electron chi connectivity index (χ4n) is 3.02. The highest BCUT2D eigenvalue weighted by Gasteiger charge is 2.19. The van der Waals surface area contributed by atoms with Crippen molar-refractivity contribution in [3.05, 3.63) is 50.9 Å². The Morgan fingerprint density at radius 2 is 2.00 bits per heavy atom. The van der Waals surface area contributed by atoms with Gasteiger partial charge in [-0.2, -0.15) is 0 Å². The van der Waals surface area contributed by atoms with Crippen LogP contribution in [-0.4, -0.2) is 20.8 Å². The molecule has 2 aromatic heterocycles. The van der Waals surface area contributed by atoms with E-state index in [0.29, 0.717) is 34.3 Å². The predicted molar refractivity (Wildman–Crippen MR) is 101 cm³/mol. The molecule has 0 saturated heterocycles. The van der Waals surface area contributed by atoms with Gasteiger partial charge in [0.2, 0.25) is 0 Å². The predicted octanol–water partition coefficient (Wildman–Crippen LogP) is 4.18. The Balaban J connectivity index is 2.27. The van der Waals surface area contributed by atoms with Gasteiger partial charge in [-0.15, -0.1) is 5.10 Å². The van der Waals surface area contributed by atoms with Crippen molar-refractivity contribution in [2.75, 3.05) is 6.61 Å². The van der Waals surface area contributed by atoms with E-state index in [1.54, 1.807) is 22.2 Å². The third-order valence-electron chi connectivity index (χ3n) is 4.32. The zero-order chi connectivity index (χ0) is 18.3. The normalized spacial score (nSPS) is 11.5. The van der Waals surface area contributed by atoms with Gasteiger partial charge in [-0.25, -0.2) is 4.52 Å². The molecule has 6 heteroatoms. The highest BCUT2D eigenvalue weighted by molar-refractivity contribution is 6.33. The molecule has 3 rings (SSSR count). The molecule has 0 N–H and O–H groups in total. The zero-order valence-corrected chi connectivity index (χ0v) is 15.9. The van der Waals surface area contributed by atoms with E-state index < -0.39 is 0 Å². The quantitative estimate of drug-likeness (QED) is 0.702. The molecule has 132 valence electrons. The molecule has 0 bridgehead atoms. The molecule has 0 radical (unpaired) electrons. The molecule has 3 aromatic rings. The van der Waals surface area contributed by atoms with Crippen molar-refractivity contribution < 1.29 is 4.74 Å². The summed E-state index contributed by atoms with van der Waals surface area (Å²) < 4.78 is 8.75. The minimum Gasteiger partial charge on any atom is -0.494 e. The van der Waals surface area contributed by atoms with Gasteiger partial charge in [0.05, 0.1) is 11.6 Å². The van der Waals surface area contributed by atoms with Gasteiger partial charge in [0.15, 0.2) is 5.82 Å². The van der Waals surface area contributed by atoms with E-state index in [1.807, 2.05) is 32.0 Å². The highest BCUT2D eigenvalue weighted by atomic mass is 35.5. The number of aryl methyl sites for hydroxylation is 1. The molecule has 1 aromatic carbocycles. The van der Waals surface area contributed by atoms with Crippen molar-refractivity contribution in [3.63, 3.8) is 0 Å². The van der Waals surface area contributed by atoms with Crippen LogP contribution in [0.5, 0.6) is 5.75 Å². The topological polar surface area (TPSA) is 48.5 Å². The summed E-state index contributed by atoms with van der Waals surface area (Å²) in [7, 11) is 1.73. The van der Waals surface area contributed by atoms with E-state index in [9.17, 15) is 4.79 Å². The Bertz CT molecular complexity index is 1000. The number of benzene rings is 1. The molecule has 0 spiro atoms. The summed E-state index contributed by atoms with van der Waals surface area (Å²) in [5.41, 5.74) is 3.19. The lowest BCUT2D eigenvalue weighted by Crippen LogP contribution is -2.24. The SMILES string of the molecule is CCOc1ccc(-c2nn3c(C)cc(C(C)C)c3c(=O)n2C)c(Cl)c1. The first-order chi connectivity index (χ1) is 11.8. The van der Waals surface area contributed by atoms with Crippen LogP contribution in [0.1, 0.15) is 37.9 Å². The van der Waals surface area contributed by atoms with Crippen LogP contribution in [0.2, 0.25) is 5.02 Å². The van der Waals surface area contributed by atoms with Crippen LogP contribution in [0.4, 0.5) is 0 Å². The average molecular weight is 360 g/mol. The van der Waals surface area contributed by atoms with Crippen LogP contribution in [-0.2, 0) is 7.05 Å². The van der Waals surface area contributed by atoms with E-state index in [-0.39, 0.29) is 11.5 Å². The molecule has 0 aliphatic carbocycles. The molecule has 0 unspecified atom stereocenters. The van der Waals surface area contributed by atoms with Gasteiger partial charge in [0, 0.05) is 18.3 Å². The standard InChI is InChI=1S/C19H22ClN3O2/c1-6-25-13-7-8-14(16(20)10-13)18-21-23-12(4)9-15(11(2)3)17(23)19(24)22(18)5/h7-11H,6H2,1-5H3. The molecule has 0 atom stereocenters. The molecule has 0 amide bonds. The third kappa shape index (κ3) is 2.93. The fraction of sp³-hybridized carbons (Fsp3) is 0.368. The Morgan fingerprint density at radius 1 is 1.28 bits per heavy atom. The molecular weight excluding hydrogens is 338 g/mol. The van der Waals surface area contributed by atoms with Gasteiger partial charge in [-0.1, -0.05) is 25.4 Å². The first-order valence-electron chi connectivity index (χ1n) is 8.37. The lowest BCUT2D eigenvalue weighted by Gasteiger charge is -2.12. The maximum absolute atomic E-state index is 13.0. The van der Waals surface area contributed by atoms with Gasteiger partial charge < -0.3 is 4.74 Å². The molecule has 0 saturated carbocycles. The second-order valence-electron chi connectivity index (χ2n) is 6.42. The number of halogens is 1. The van der Waals surface area contributed by atoms with Crippen LogP contribution >= 0.6 is 11.6 Å². The summed E-state index contributed by atoms with van der Waals surface area (Å²) in [4.78, 5) is 13.0. The molecule has 0 aliphatic heterocycles. The number of nitrogens with zero attached hydrogens (tertiary/aromatic N) is 3. The monoisotopic (exact) mass is 359 g/mol. The first kappa shape index (κ1) is 17.5. The summed E-state index contributed by atoms with van der Waals surface area (Å²) in [6.07, 6.45) is 0. The van der Waals surface area contributed by atoms with Gasteiger partial charge >= 0.3 is 0 Å². The summed E-state index contributed by atoms with van der Waals surface area (Å²) >= 11 is 6.43. The first-order valence-corrected chi connectivity index (χ1v) is 8.74. The van der Waals surface area contributed by atoms with E-state index >= 15 is 0 Å². The van der Waals surface area contributed by atoms with Crippen LogP contribution in [0, 0.1) is 6.92 Å². The summed E-state index contributed by atoms with van der Waals surface area (Å²) in [6, 6.07) is 7.45. The van der Waals surface area contributed by atoms with Crippen LogP contribution < -0.4 is 10.3 Å². The van der Waals surface area contributed by atoms with Crippen molar-refractivity contribution >= 4 is 17.1 Å². The van der Waals surface area contributed by atoms with Crippen LogP contribution in [0.25, 0.3) is 16.9 Å². The van der Waals surface area contributed by atoms with Crippen molar-refractivity contribution in [2.45, 2.75) is 33.6 Å². The second-order valence-corrected chi connectivity index (χ2v) is 6.83. The van der Waals surface area contributed by atoms with E-state index in [0.717, 1.165) is 11.3 Å². The molecule has 2 heterocycles. The zero-order valence-electron chi connectivity index (χ0n) is 15.1. The summed E-state index contributed by atoms with van der Waals surface area (Å²) in [5.74, 6) is 1.47. The molecule has 5 nitrogen and oxygen atoms in total. The van der Waals surface area contributed by atoms with E-state index in [1.165, 1.54) is 0 Å². The summed E-state index contributed by atoms with van der Waals surface area (Å²) in [5, 5.41) is 5.20. The maximum Gasteiger partial charge on any atom is 0.278 e. The minimum absolute atomic E-state index is 0.0771. The van der Waals surface area contributed by atoms with Crippen molar-refractivity contribution in [1.82, 2.24) is 14.2 Å². The largest absolute Gasteiger partial charge is 0.494 e. The Morgan fingerprint density at radius 3 is 2.60 bits per heavy atom. The number of hydrogen-bond donors (Lipinski definition) is 0. The minimum atomic E-state index is -0.0771. The Labute approximate surface area is 151 Å².